The Bertz CT molecular complexity index is 475. The Kier molecular flexibility index (Phi) is 2.34. The summed E-state index contributed by atoms with van der Waals surface area (Å²) in [6, 6.07) is 10.9. The summed E-state index contributed by atoms with van der Waals surface area (Å²) in [5.74, 6) is 1.02. The molecule has 1 aliphatic carbocycles. The van der Waals surface area contributed by atoms with Gasteiger partial charge in [-0.2, -0.15) is 5.26 Å². The highest BCUT2D eigenvalue weighted by molar-refractivity contribution is 5.46. The van der Waals surface area contributed by atoms with Crippen molar-refractivity contribution in [3.63, 3.8) is 0 Å². The molecule has 1 heterocycles. The van der Waals surface area contributed by atoms with Gasteiger partial charge in [0.2, 0.25) is 0 Å². The second kappa shape index (κ2) is 3.75. The van der Waals surface area contributed by atoms with Crippen LogP contribution in [0.4, 0.5) is 0 Å². The van der Waals surface area contributed by atoms with E-state index < -0.39 is 5.54 Å². The summed E-state index contributed by atoms with van der Waals surface area (Å²) in [4.78, 5) is 0. The lowest BCUT2D eigenvalue weighted by Crippen LogP contribution is -2.51. The van der Waals surface area contributed by atoms with Crippen LogP contribution in [0.5, 0.6) is 5.75 Å². The first-order valence-electron chi connectivity index (χ1n) is 6.17. The Balaban J connectivity index is 2.08. The summed E-state index contributed by atoms with van der Waals surface area (Å²) in [5.41, 5.74) is 0.420. The second-order valence-corrected chi connectivity index (χ2v) is 5.05. The van der Waals surface area contributed by atoms with E-state index in [0.717, 1.165) is 11.3 Å². The molecule has 1 saturated carbocycles. The standard InChI is InChI=1S/C14H16N2O/c1-10-8-17-13-5-3-2-4-12(13)14(10,9-15)16-11-6-7-11/h2-5,10-11,16H,6-8H2,1H3. The van der Waals surface area contributed by atoms with Crippen LogP contribution < -0.4 is 10.1 Å². The fraction of sp³-hybridized carbons (Fsp3) is 0.500. The summed E-state index contributed by atoms with van der Waals surface area (Å²) in [5, 5.41) is 13.2. The molecule has 1 aromatic carbocycles. The molecule has 3 nitrogen and oxygen atoms in total. The van der Waals surface area contributed by atoms with Gasteiger partial charge in [0.25, 0.3) is 0 Å². The van der Waals surface area contributed by atoms with E-state index in [2.05, 4.69) is 18.3 Å². The van der Waals surface area contributed by atoms with E-state index in [1.165, 1.54) is 12.8 Å². The van der Waals surface area contributed by atoms with Gasteiger partial charge in [-0.15, -0.1) is 0 Å². The van der Waals surface area contributed by atoms with Gasteiger partial charge in [0.05, 0.1) is 12.7 Å². The van der Waals surface area contributed by atoms with Crippen LogP contribution in [-0.4, -0.2) is 12.6 Å². The third-order valence-corrected chi connectivity index (χ3v) is 3.73. The number of rotatable bonds is 2. The zero-order valence-electron chi connectivity index (χ0n) is 9.94. The van der Waals surface area contributed by atoms with E-state index >= 15 is 0 Å². The first kappa shape index (κ1) is 10.6. The minimum Gasteiger partial charge on any atom is -0.493 e. The van der Waals surface area contributed by atoms with E-state index in [1.54, 1.807) is 0 Å². The summed E-state index contributed by atoms with van der Waals surface area (Å²) in [7, 11) is 0. The molecule has 1 aliphatic heterocycles. The molecule has 0 amide bonds. The van der Waals surface area contributed by atoms with Crippen molar-refractivity contribution in [2.24, 2.45) is 5.92 Å². The Morgan fingerprint density at radius 2 is 2.18 bits per heavy atom. The van der Waals surface area contributed by atoms with Gasteiger partial charge in [0.15, 0.2) is 0 Å². The normalized spacial score (nSPS) is 31.2. The molecule has 1 N–H and O–H groups in total. The van der Waals surface area contributed by atoms with Crippen molar-refractivity contribution in [1.82, 2.24) is 5.32 Å². The Morgan fingerprint density at radius 3 is 2.88 bits per heavy atom. The average molecular weight is 228 g/mol. The van der Waals surface area contributed by atoms with Crippen LogP contribution in [-0.2, 0) is 5.54 Å². The van der Waals surface area contributed by atoms with Crippen LogP contribution in [0.3, 0.4) is 0 Å². The molecular weight excluding hydrogens is 212 g/mol. The van der Waals surface area contributed by atoms with Gasteiger partial charge in [-0.25, -0.2) is 0 Å². The molecule has 3 rings (SSSR count). The maximum Gasteiger partial charge on any atom is 0.141 e. The number of hydrogen-bond donors (Lipinski definition) is 1. The number of nitrogens with zero attached hydrogens (tertiary/aromatic N) is 1. The summed E-state index contributed by atoms with van der Waals surface area (Å²) < 4.78 is 5.70. The lowest BCUT2D eigenvalue weighted by atomic mass is 9.78. The number of benzene rings is 1. The lowest BCUT2D eigenvalue weighted by Gasteiger charge is -2.39. The van der Waals surface area contributed by atoms with Crippen molar-refractivity contribution in [2.45, 2.75) is 31.3 Å². The Morgan fingerprint density at radius 1 is 1.41 bits per heavy atom. The molecule has 0 aromatic heterocycles. The highest BCUT2D eigenvalue weighted by Gasteiger charge is 2.46. The SMILES string of the molecule is CC1COc2ccccc2C1(C#N)NC1CC1. The minimum absolute atomic E-state index is 0.169. The topological polar surface area (TPSA) is 45.0 Å². The number of para-hydroxylation sites is 1. The number of nitrogens with one attached hydrogen (secondary N) is 1. The van der Waals surface area contributed by atoms with Crippen LogP contribution in [0, 0.1) is 17.2 Å². The Hall–Kier alpha value is -1.53. The predicted octanol–water partition coefficient (Wildman–Crippen LogP) is 2.19. The van der Waals surface area contributed by atoms with Gasteiger partial charge >= 0.3 is 0 Å². The lowest BCUT2D eigenvalue weighted by molar-refractivity contribution is 0.149. The molecule has 2 atom stereocenters. The highest BCUT2D eigenvalue weighted by Crippen LogP contribution is 2.41. The molecule has 1 aromatic rings. The van der Waals surface area contributed by atoms with Crippen LogP contribution in [0.1, 0.15) is 25.3 Å². The van der Waals surface area contributed by atoms with Gasteiger partial charge in [0, 0.05) is 17.5 Å². The van der Waals surface area contributed by atoms with E-state index in [9.17, 15) is 5.26 Å². The molecule has 3 heteroatoms. The smallest absolute Gasteiger partial charge is 0.141 e. The van der Waals surface area contributed by atoms with Gasteiger partial charge in [-0.3, -0.25) is 5.32 Å². The first-order chi connectivity index (χ1) is 8.26. The van der Waals surface area contributed by atoms with E-state index in [1.807, 2.05) is 24.3 Å². The van der Waals surface area contributed by atoms with Crippen molar-refractivity contribution in [3.8, 4) is 11.8 Å². The van der Waals surface area contributed by atoms with Crippen molar-refractivity contribution < 1.29 is 4.74 Å². The van der Waals surface area contributed by atoms with Crippen LogP contribution >= 0.6 is 0 Å². The average Bonchev–Trinajstić information content (AvgIpc) is 3.17. The van der Waals surface area contributed by atoms with Gasteiger partial charge in [-0.1, -0.05) is 25.1 Å². The fourth-order valence-corrected chi connectivity index (χ4v) is 2.50. The monoisotopic (exact) mass is 228 g/mol. The van der Waals surface area contributed by atoms with Crippen molar-refractivity contribution in [1.29, 1.82) is 5.26 Å². The molecule has 0 saturated heterocycles. The largest absolute Gasteiger partial charge is 0.493 e. The van der Waals surface area contributed by atoms with E-state index in [4.69, 9.17) is 4.74 Å². The summed E-state index contributed by atoms with van der Waals surface area (Å²) in [6.45, 7) is 2.68. The fourth-order valence-electron chi connectivity index (χ4n) is 2.50. The molecule has 2 unspecified atom stereocenters. The van der Waals surface area contributed by atoms with Gasteiger partial charge < -0.3 is 4.74 Å². The molecule has 0 bridgehead atoms. The zero-order valence-corrected chi connectivity index (χ0v) is 9.94. The summed E-state index contributed by atoms with van der Waals surface area (Å²) >= 11 is 0. The molecule has 88 valence electrons. The second-order valence-electron chi connectivity index (χ2n) is 5.05. The van der Waals surface area contributed by atoms with Crippen molar-refractivity contribution in [2.75, 3.05) is 6.61 Å². The van der Waals surface area contributed by atoms with Gasteiger partial charge in [0.1, 0.15) is 11.3 Å². The van der Waals surface area contributed by atoms with Gasteiger partial charge in [-0.05, 0) is 18.9 Å². The summed E-state index contributed by atoms with van der Waals surface area (Å²) in [6.07, 6.45) is 2.36. The minimum atomic E-state index is -0.573. The molecule has 2 aliphatic rings. The molecule has 1 fully saturated rings. The third-order valence-electron chi connectivity index (χ3n) is 3.73. The quantitative estimate of drug-likeness (QED) is 0.844. The number of nitriles is 1. The third kappa shape index (κ3) is 1.60. The molecule has 17 heavy (non-hydrogen) atoms. The zero-order chi connectivity index (χ0) is 11.9. The van der Waals surface area contributed by atoms with Crippen molar-refractivity contribution >= 4 is 0 Å². The number of hydrogen-bond acceptors (Lipinski definition) is 3. The molecular formula is C14H16N2O. The van der Waals surface area contributed by atoms with E-state index in [0.29, 0.717) is 12.6 Å². The predicted molar refractivity (Wildman–Crippen MR) is 64.5 cm³/mol. The molecule has 0 radical (unpaired) electrons. The molecule has 0 spiro atoms. The van der Waals surface area contributed by atoms with Crippen LogP contribution in [0.2, 0.25) is 0 Å². The maximum absolute atomic E-state index is 9.67. The van der Waals surface area contributed by atoms with Crippen molar-refractivity contribution in [3.05, 3.63) is 29.8 Å². The first-order valence-corrected chi connectivity index (χ1v) is 6.17. The van der Waals surface area contributed by atoms with Crippen LogP contribution in [0.25, 0.3) is 0 Å². The highest BCUT2D eigenvalue weighted by atomic mass is 16.5. The maximum atomic E-state index is 9.67. The Labute approximate surface area is 101 Å². The van der Waals surface area contributed by atoms with E-state index in [-0.39, 0.29) is 5.92 Å². The number of ether oxygens (including phenoxy) is 1. The van der Waals surface area contributed by atoms with Crippen LogP contribution in [0.15, 0.2) is 24.3 Å². The number of fused-ring (bicyclic) bond motifs is 1.